The molecule has 2 nitrogen and oxygen atoms in total. The smallest absolute Gasteiger partial charge is 0.303 e. The van der Waals surface area contributed by atoms with Crippen LogP contribution < -0.4 is 0 Å². The van der Waals surface area contributed by atoms with Gasteiger partial charge in [0.2, 0.25) is 0 Å². The highest BCUT2D eigenvalue weighted by Crippen LogP contribution is 2.09. The third-order valence-electron chi connectivity index (χ3n) is 4.09. The molecule has 134 valence electrons. The third kappa shape index (κ3) is 21.0. The van der Waals surface area contributed by atoms with Crippen molar-refractivity contribution in [3.63, 3.8) is 0 Å². The van der Waals surface area contributed by atoms with Gasteiger partial charge in [-0.2, -0.15) is 0 Å². The Labute approximate surface area is 144 Å². The van der Waals surface area contributed by atoms with E-state index in [0.29, 0.717) is 6.42 Å². The van der Waals surface area contributed by atoms with Crippen molar-refractivity contribution in [2.75, 3.05) is 0 Å². The van der Waals surface area contributed by atoms with Gasteiger partial charge in [-0.25, -0.2) is 0 Å². The van der Waals surface area contributed by atoms with E-state index >= 15 is 0 Å². The van der Waals surface area contributed by atoms with Crippen LogP contribution in [0.15, 0.2) is 24.3 Å². The summed E-state index contributed by atoms with van der Waals surface area (Å²) >= 11 is 0. The maximum Gasteiger partial charge on any atom is 0.303 e. The second-order valence-electron chi connectivity index (χ2n) is 6.44. The van der Waals surface area contributed by atoms with Gasteiger partial charge in [0, 0.05) is 6.42 Å². The molecule has 2 heteroatoms. The average Bonchev–Trinajstić information content (AvgIpc) is 2.53. The van der Waals surface area contributed by atoms with Crippen LogP contribution in [0.2, 0.25) is 0 Å². The minimum Gasteiger partial charge on any atom is -0.481 e. The van der Waals surface area contributed by atoms with Crippen molar-refractivity contribution in [1.82, 2.24) is 0 Å². The molecule has 0 atom stereocenters. The fraction of sp³-hybridized carbons (Fsp3) is 0.762. The van der Waals surface area contributed by atoms with E-state index in [-0.39, 0.29) is 0 Å². The summed E-state index contributed by atoms with van der Waals surface area (Å²) in [7, 11) is 0. The first-order valence-electron chi connectivity index (χ1n) is 9.79. The number of rotatable bonds is 17. The molecule has 0 unspecified atom stereocenters. The molecule has 0 aromatic rings. The molecule has 1 N–H and O–H groups in total. The minimum absolute atomic E-state index is 0.324. The van der Waals surface area contributed by atoms with Crippen LogP contribution in [-0.4, -0.2) is 11.1 Å². The number of hydrogen-bond acceptors (Lipinski definition) is 1. The zero-order chi connectivity index (χ0) is 17.0. The lowest BCUT2D eigenvalue weighted by Gasteiger charge is -1.98. The van der Waals surface area contributed by atoms with E-state index in [4.69, 9.17) is 5.11 Å². The van der Waals surface area contributed by atoms with Crippen molar-refractivity contribution in [1.29, 1.82) is 0 Å². The van der Waals surface area contributed by atoms with E-state index in [9.17, 15) is 4.79 Å². The molecule has 0 bridgehead atoms. The summed E-state index contributed by atoms with van der Waals surface area (Å²) in [6, 6.07) is 0. The highest BCUT2D eigenvalue weighted by atomic mass is 16.4. The molecule has 0 saturated carbocycles. The van der Waals surface area contributed by atoms with Crippen molar-refractivity contribution in [3.8, 4) is 0 Å². The molecule has 23 heavy (non-hydrogen) atoms. The van der Waals surface area contributed by atoms with Crippen LogP contribution in [-0.2, 0) is 4.79 Å². The van der Waals surface area contributed by atoms with E-state index in [1.807, 2.05) is 0 Å². The van der Waals surface area contributed by atoms with Gasteiger partial charge >= 0.3 is 5.97 Å². The normalized spacial score (nSPS) is 11.7. The average molecular weight is 323 g/mol. The quantitative estimate of drug-likeness (QED) is 0.230. The standard InChI is InChI=1S/C21H38O2/c1-2-3-4-5-6-7-8-9-10-11-12-13-14-15-16-17-18-19-20-21(22)23/h9-10,12-13H,2-8,11,14-20H2,1H3,(H,22,23)/b10-9+,13-12+. The molecule has 0 spiro atoms. The van der Waals surface area contributed by atoms with E-state index in [1.54, 1.807) is 0 Å². The predicted octanol–water partition coefficient (Wildman–Crippen LogP) is 7.05. The molecule has 0 aliphatic rings. The number of hydrogen-bond donors (Lipinski definition) is 1. The molecule has 0 aliphatic heterocycles. The number of carboxylic acid groups (broad SMARTS) is 1. The third-order valence-corrected chi connectivity index (χ3v) is 4.09. The summed E-state index contributed by atoms with van der Waals surface area (Å²) in [6.45, 7) is 2.26. The fourth-order valence-corrected chi connectivity index (χ4v) is 2.62. The Morgan fingerprint density at radius 2 is 1.17 bits per heavy atom. The Morgan fingerprint density at radius 1 is 0.696 bits per heavy atom. The lowest BCUT2D eigenvalue weighted by atomic mass is 10.1. The van der Waals surface area contributed by atoms with Crippen LogP contribution in [0.25, 0.3) is 0 Å². The molecule has 0 amide bonds. The summed E-state index contributed by atoms with van der Waals surface area (Å²) < 4.78 is 0. The maximum atomic E-state index is 10.4. The first-order valence-corrected chi connectivity index (χ1v) is 9.79. The second-order valence-corrected chi connectivity index (χ2v) is 6.44. The number of aliphatic carboxylic acids is 1. The lowest BCUT2D eigenvalue weighted by molar-refractivity contribution is -0.137. The Morgan fingerprint density at radius 3 is 1.70 bits per heavy atom. The van der Waals surface area contributed by atoms with Gasteiger partial charge in [0.1, 0.15) is 0 Å². The van der Waals surface area contributed by atoms with Crippen LogP contribution in [0.3, 0.4) is 0 Å². The molecule has 0 rings (SSSR count). The highest BCUT2D eigenvalue weighted by Gasteiger charge is 1.95. The Hall–Kier alpha value is -1.05. The number of allylic oxidation sites excluding steroid dienone is 4. The van der Waals surface area contributed by atoms with Gasteiger partial charge in [-0.1, -0.05) is 82.6 Å². The summed E-state index contributed by atoms with van der Waals surface area (Å²) in [4.78, 5) is 10.4. The second kappa shape index (κ2) is 19.0. The summed E-state index contributed by atoms with van der Waals surface area (Å²) in [6.07, 6.45) is 26.7. The molecule has 0 aromatic carbocycles. The van der Waals surface area contributed by atoms with Crippen LogP contribution in [0, 0.1) is 0 Å². The van der Waals surface area contributed by atoms with Gasteiger partial charge in [-0.3, -0.25) is 4.79 Å². The first-order chi connectivity index (χ1) is 11.3. The van der Waals surface area contributed by atoms with Gasteiger partial charge in [0.05, 0.1) is 0 Å². The van der Waals surface area contributed by atoms with Gasteiger partial charge in [-0.05, 0) is 38.5 Å². The monoisotopic (exact) mass is 322 g/mol. The number of carbonyl (C=O) groups is 1. The Kier molecular flexibility index (Phi) is 18.1. The molecule has 0 radical (unpaired) electrons. The minimum atomic E-state index is -0.669. The molecular weight excluding hydrogens is 284 g/mol. The van der Waals surface area contributed by atoms with Gasteiger partial charge in [-0.15, -0.1) is 0 Å². The van der Waals surface area contributed by atoms with Crippen LogP contribution in [0.5, 0.6) is 0 Å². The summed E-state index contributed by atoms with van der Waals surface area (Å²) in [5.74, 6) is -0.669. The molecule has 0 aromatic heterocycles. The van der Waals surface area contributed by atoms with E-state index < -0.39 is 5.97 Å². The zero-order valence-electron chi connectivity index (χ0n) is 15.3. The largest absolute Gasteiger partial charge is 0.481 e. The maximum absolute atomic E-state index is 10.4. The van der Waals surface area contributed by atoms with Crippen LogP contribution in [0.4, 0.5) is 0 Å². The van der Waals surface area contributed by atoms with Crippen LogP contribution >= 0.6 is 0 Å². The van der Waals surface area contributed by atoms with Crippen molar-refractivity contribution < 1.29 is 9.90 Å². The fourth-order valence-electron chi connectivity index (χ4n) is 2.62. The van der Waals surface area contributed by atoms with Gasteiger partial charge in [0.25, 0.3) is 0 Å². The van der Waals surface area contributed by atoms with Crippen molar-refractivity contribution in [2.24, 2.45) is 0 Å². The van der Waals surface area contributed by atoms with Crippen molar-refractivity contribution in [2.45, 2.75) is 103 Å². The zero-order valence-corrected chi connectivity index (χ0v) is 15.3. The molecule has 0 aliphatic carbocycles. The molecule has 0 saturated heterocycles. The Balaban J connectivity index is 3.18. The van der Waals surface area contributed by atoms with Crippen molar-refractivity contribution in [3.05, 3.63) is 24.3 Å². The molecule has 0 fully saturated rings. The lowest BCUT2D eigenvalue weighted by Crippen LogP contribution is -1.93. The first kappa shape index (κ1) is 21.9. The summed E-state index contributed by atoms with van der Waals surface area (Å²) in [5, 5.41) is 8.53. The van der Waals surface area contributed by atoms with Gasteiger partial charge < -0.3 is 5.11 Å². The van der Waals surface area contributed by atoms with Crippen LogP contribution in [0.1, 0.15) is 103 Å². The Bertz CT molecular complexity index is 305. The molecule has 0 heterocycles. The van der Waals surface area contributed by atoms with E-state index in [0.717, 1.165) is 25.7 Å². The number of carboxylic acids is 1. The SMILES string of the molecule is CCCCCCCC/C=C/C/C=C/CCCCCCCC(=O)O. The van der Waals surface area contributed by atoms with Gasteiger partial charge in [0.15, 0.2) is 0 Å². The number of unbranched alkanes of at least 4 members (excludes halogenated alkanes) is 11. The predicted molar refractivity (Wildman–Crippen MR) is 101 cm³/mol. The van der Waals surface area contributed by atoms with E-state index in [2.05, 4.69) is 31.2 Å². The topological polar surface area (TPSA) is 37.3 Å². The van der Waals surface area contributed by atoms with Crippen molar-refractivity contribution >= 4 is 5.97 Å². The highest BCUT2D eigenvalue weighted by molar-refractivity contribution is 5.66. The summed E-state index contributed by atoms with van der Waals surface area (Å²) in [5.41, 5.74) is 0. The van der Waals surface area contributed by atoms with E-state index in [1.165, 1.54) is 64.2 Å². The molecular formula is C21H38O2.